The van der Waals surface area contributed by atoms with Gasteiger partial charge in [-0.3, -0.25) is 14.4 Å². The average Bonchev–Trinajstić information content (AvgIpc) is 2.49. The SMILES string of the molecule is COC(=O)CCC(=O)NCC1CCCCC1C(=O)OC. The van der Waals surface area contributed by atoms with Crippen molar-refractivity contribution in [3.63, 3.8) is 0 Å². The molecule has 0 aliphatic heterocycles. The van der Waals surface area contributed by atoms with E-state index in [0.29, 0.717) is 6.54 Å². The van der Waals surface area contributed by atoms with E-state index < -0.39 is 5.97 Å². The first kappa shape index (κ1) is 16.5. The summed E-state index contributed by atoms with van der Waals surface area (Å²) in [5, 5.41) is 2.79. The lowest BCUT2D eigenvalue weighted by atomic mass is 9.79. The zero-order valence-corrected chi connectivity index (χ0v) is 12.1. The minimum absolute atomic E-state index is 0.0768. The number of rotatable bonds is 6. The van der Waals surface area contributed by atoms with Crippen molar-refractivity contribution >= 4 is 17.8 Å². The van der Waals surface area contributed by atoms with E-state index >= 15 is 0 Å². The Hall–Kier alpha value is -1.59. The predicted molar refractivity (Wildman–Crippen MR) is 71.7 cm³/mol. The smallest absolute Gasteiger partial charge is 0.309 e. The monoisotopic (exact) mass is 285 g/mol. The normalized spacial score (nSPS) is 21.9. The fraction of sp³-hybridized carbons (Fsp3) is 0.786. The highest BCUT2D eigenvalue weighted by Crippen LogP contribution is 2.30. The van der Waals surface area contributed by atoms with Gasteiger partial charge in [0.1, 0.15) is 0 Å². The van der Waals surface area contributed by atoms with E-state index in [-0.39, 0.29) is 36.6 Å². The number of amides is 1. The molecule has 0 bridgehead atoms. The molecule has 0 aromatic carbocycles. The van der Waals surface area contributed by atoms with Crippen LogP contribution in [-0.2, 0) is 23.9 Å². The van der Waals surface area contributed by atoms with Gasteiger partial charge in [-0.1, -0.05) is 12.8 Å². The second-order valence-corrected chi connectivity index (χ2v) is 5.05. The molecule has 1 N–H and O–H groups in total. The van der Waals surface area contributed by atoms with Gasteiger partial charge >= 0.3 is 11.9 Å². The van der Waals surface area contributed by atoms with Gasteiger partial charge in [0.15, 0.2) is 0 Å². The number of carbonyl (C=O) groups excluding carboxylic acids is 3. The summed E-state index contributed by atoms with van der Waals surface area (Å²) in [5.41, 5.74) is 0. The van der Waals surface area contributed by atoms with Gasteiger partial charge in [0.2, 0.25) is 5.91 Å². The van der Waals surface area contributed by atoms with Crippen LogP contribution in [0.5, 0.6) is 0 Å². The van der Waals surface area contributed by atoms with E-state index in [1.807, 2.05) is 0 Å². The molecule has 0 saturated heterocycles. The lowest BCUT2D eigenvalue weighted by Gasteiger charge is -2.29. The number of ether oxygens (including phenoxy) is 2. The molecule has 1 saturated carbocycles. The maximum Gasteiger partial charge on any atom is 0.309 e. The van der Waals surface area contributed by atoms with Crippen molar-refractivity contribution in [2.24, 2.45) is 11.8 Å². The molecular weight excluding hydrogens is 262 g/mol. The summed E-state index contributed by atoms with van der Waals surface area (Å²) in [4.78, 5) is 34.2. The van der Waals surface area contributed by atoms with Gasteiger partial charge < -0.3 is 14.8 Å². The largest absolute Gasteiger partial charge is 0.469 e. The summed E-state index contributed by atoms with van der Waals surface area (Å²) in [5.74, 6) is -0.790. The Morgan fingerprint density at radius 2 is 1.75 bits per heavy atom. The van der Waals surface area contributed by atoms with Crippen LogP contribution in [0.3, 0.4) is 0 Å². The Balaban J connectivity index is 2.36. The van der Waals surface area contributed by atoms with Crippen LogP contribution in [0.25, 0.3) is 0 Å². The van der Waals surface area contributed by atoms with E-state index in [0.717, 1.165) is 25.7 Å². The molecule has 1 aliphatic rings. The van der Waals surface area contributed by atoms with Crippen LogP contribution in [0.15, 0.2) is 0 Å². The average molecular weight is 285 g/mol. The van der Waals surface area contributed by atoms with Crippen LogP contribution in [0, 0.1) is 11.8 Å². The maximum absolute atomic E-state index is 11.7. The third-order valence-corrected chi connectivity index (χ3v) is 3.76. The fourth-order valence-corrected chi connectivity index (χ4v) is 2.56. The minimum Gasteiger partial charge on any atom is -0.469 e. The van der Waals surface area contributed by atoms with Crippen molar-refractivity contribution in [1.29, 1.82) is 0 Å². The van der Waals surface area contributed by atoms with E-state index in [9.17, 15) is 14.4 Å². The molecule has 1 fully saturated rings. The summed E-state index contributed by atoms with van der Waals surface area (Å²) >= 11 is 0. The van der Waals surface area contributed by atoms with E-state index in [4.69, 9.17) is 4.74 Å². The Kier molecular flexibility index (Phi) is 7.04. The zero-order chi connectivity index (χ0) is 15.0. The quantitative estimate of drug-likeness (QED) is 0.737. The van der Waals surface area contributed by atoms with Gasteiger partial charge in [-0.2, -0.15) is 0 Å². The number of carbonyl (C=O) groups is 3. The second kappa shape index (κ2) is 8.55. The van der Waals surface area contributed by atoms with Crippen molar-refractivity contribution in [3.8, 4) is 0 Å². The molecule has 0 radical (unpaired) electrons. The number of esters is 2. The first-order valence-corrected chi connectivity index (χ1v) is 6.99. The fourth-order valence-electron chi connectivity index (χ4n) is 2.56. The van der Waals surface area contributed by atoms with Crippen LogP contribution in [-0.4, -0.2) is 38.6 Å². The van der Waals surface area contributed by atoms with E-state index in [1.54, 1.807) is 0 Å². The summed E-state index contributed by atoms with van der Waals surface area (Å²) in [7, 11) is 2.69. The van der Waals surface area contributed by atoms with Gasteiger partial charge in [0.05, 0.1) is 26.6 Å². The first-order chi connectivity index (χ1) is 9.58. The summed E-state index contributed by atoms with van der Waals surface area (Å²) in [6.45, 7) is 0.458. The lowest BCUT2D eigenvalue weighted by Crippen LogP contribution is -2.37. The molecule has 0 heterocycles. The summed E-state index contributed by atoms with van der Waals surface area (Å²) in [6.07, 6.45) is 4.00. The molecule has 6 nitrogen and oxygen atoms in total. The molecule has 0 aromatic heterocycles. The topological polar surface area (TPSA) is 81.7 Å². The molecular formula is C14H23NO5. The molecule has 1 rings (SSSR count). The molecule has 2 atom stereocenters. The Labute approximate surface area is 119 Å². The van der Waals surface area contributed by atoms with Crippen molar-refractivity contribution in [3.05, 3.63) is 0 Å². The lowest BCUT2D eigenvalue weighted by molar-refractivity contribution is -0.148. The third kappa shape index (κ3) is 5.19. The minimum atomic E-state index is -0.398. The number of nitrogens with one attached hydrogen (secondary N) is 1. The highest BCUT2D eigenvalue weighted by molar-refractivity contribution is 5.81. The molecule has 20 heavy (non-hydrogen) atoms. The van der Waals surface area contributed by atoms with Crippen molar-refractivity contribution in [1.82, 2.24) is 5.32 Å². The highest BCUT2D eigenvalue weighted by atomic mass is 16.5. The standard InChI is InChI=1S/C14H23NO5/c1-19-13(17)8-7-12(16)15-9-10-5-3-4-6-11(10)14(18)20-2/h10-11H,3-9H2,1-2H3,(H,15,16). The Bertz CT molecular complexity index is 355. The maximum atomic E-state index is 11.7. The molecule has 1 aliphatic carbocycles. The molecule has 2 unspecified atom stereocenters. The van der Waals surface area contributed by atoms with Crippen LogP contribution in [0.1, 0.15) is 38.5 Å². The van der Waals surface area contributed by atoms with Crippen LogP contribution in [0.4, 0.5) is 0 Å². The summed E-state index contributed by atoms with van der Waals surface area (Å²) in [6, 6.07) is 0. The van der Waals surface area contributed by atoms with Gasteiger partial charge in [-0.25, -0.2) is 0 Å². The molecule has 114 valence electrons. The van der Waals surface area contributed by atoms with Crippen LogP contribution < -0.4 is 5.32 Å². The molecule has 0 aromatic rings. The number of hydrogen-bond donors (Lipinski definition) is 1. The first-order valence-electron chi connectivity index (χ1n) is 6.99. The van der Waals surface area contributed by atoms with Gasteiger partial charge in [0.25, 0.3) is 0 Å². The third-order valence-electron chi connectivity index (χ3n) is 3.76. The van der Waals surface area contributed by atoms with Crippen LogP contribution in [0.2, 0.25) is 0 Å². The van der Waals surface area contributed by atoms with Crippen LogP contribution >= 0.6 is 0 Å². The Morgan fingerprint density at radius 3 is 2.40 bits per heavy atom. The molecule has 1 amide bonds. The van der Waals surface area contributed by atoms with Gasteiger partial charge in [-0.05, 0) is 18.8 Å². The van der Waals surface area contributed by atoms with Gasteiger partial charge in [-0.15, -0.1) is 0 Å². The molecule has 6 heteroatoms. The van der Waals surface area contributed by atoms with E-state index in [2.05, 4.69) is 10.1 Å². The number of methoxy groups -OCH3 is 2. The molecule has 0 spiro atoms. The predicted octanol–water partition coefficient (Wildman–Crippen LogP) is 1.04. The van der Waals surface area contributed by atoms with Crippen molar-refractivity contribution in [2.45, 2.75) is 38.5 Å². The second-order valence-electron chi connectivity index (χ2n) is 5.05. The number of hydrogen-bond acceptors (Lipinski definition) is 5. The highest BCUT2D eigenvalue weighted by Gasteiger charge is 2.31. The van der Waals surface area contributed by atoms with Gasteiger partial charge in [0, 0.05) is 13.0 Å². The van der Waals surface area contributed by atoms with Crippen molar-refractivity contribution in [2.75, 3.05) is 20.8 Å². The summed E-state index contributed by atoms with van der Waals surface area (Å²) < 4.78 is 9.29. The van der Waals surface area contributed by atoms with Crippen molar-refractivity contribution < 1.29 is 23.9 Å². The zero-order valence-electron chi connectivity index (χ0n) is 12.1. The Morgan fingerprint density at radius 1 is 1.05 bits per heavy atom. The van der Waals surface area contributed by atoms with E-state index in [1.165, 1.54) is 14.2 Å².